The Hall–Kier alpha value is -1.58. The molecule has 1 aromatic heterocycles. The van der Waals surface area contributed by atoms with Crippen molar-refractivity contribution in [2.24, 2.45) is 0 Å². The van der Waals surface area contributed by atoms with Gasteiger partial charge in [0.25, 0.3) is 5.91 Å². The average molecular weight is 252 g/mol. The van der Waals surface area contributed by atoms with Crippen molar-refractivity contribution >= 4 is 17.2 Å². The molecule has 0 aromatic carbocycles. The fourth-order valence-corrected chi connectivity index (χ4v) is 2.51. The van der Waals surface area contributed by atoms with Crippen molar-refractivity contribution < 1.29 is 14.3 Å². The molecule has 0 aliphatic carbocycles. The number of carbonyl (C=O) groups is 1. The van der Waals surface area contributed by atoms with E-state index >= 15 is 0 Å². The molecule has 1 amide bonds. The van der Waals surface area contributed by atoms with Gasteiger partial charge in [0.05, 0.1) is 26.4 Å². The van der Waals surface area contributed by atoms with Gasteiger partial charge < -0.3 is 14.4 Å². The summed E-state index contributed by atoms with van der Waals surface area (Å²) in [6, 6.07) is 3.32. The molecule has 5 nitrogen and oxygen atoms in total. The lowest BCUT2D eigenvalue weighted by Gasteiger charge is -2.31. The molecule has 1 aliphatic rings. The van der Waals surface area contributed by atoms with Gasteiger partial charge in [-0.1, -0.05) is 0 Å². The van der Waals surface area contributed by atoms with E-state index in [0.29, 0.717) is 23.8 Å². The number of hydrogen-bond donors (Lipinski definition) is 0. The summed E-state index contributed by atoms with van der Waals surface area (Å²) in [5.74, 6) is 0.398. The first kappa shape index (κ1) is 11.9. The normalized spacial score (nSPS) is 19.8. The van der Waals surface area contributed by atoms with Crippen LogP contribution in [-0.4, -0.2) is 43.7 Å². The van der Waals surface area contributed by atoms with Crippen molar-refractivity contribution in [3.63, 3.8) is 0 Å². The van der Waals surface area contributed by atoms with Crippen molar-refractivity contribution in [2.75, 3.05) is 26.9 Å². The second-order valence-corrected chi connectivity index (χ2v) is 4.45. The smallest absolute Gasteiger partial charge is 0.268 e. The van der Waals surface area contributed by atoms with Crippen LogP contribution in [0.2, 0.25) is 0 Å². The summed E-state index contributed by atoms with van der Waals surface area (Å²) in [5, 5.41) is 10.8. The number of hydrogen-bond acceptors (Lipinski definition) is 5. The number of amides is 1. The predicted molar refractivity (Wildman–Crippen MR) is 62.1 cm³/mol. The number of morpholine rings is 1. The number of carbonyl (C=O) groups excluding carboxylic acids is 1. The monoisotopic (exact) mass is 252 g/mol. The summed E-state index contributed by atoms with van der Waals surface area (Å²) in [7, 11) is 1.53. The highest BCUT2D eigenvalue weighted by Gasteiger charge is 2.30. The van der Waals surface area contributed by atoms with Crippen LogP contribution < -0.4 is 4.74 Å². The van der Waals surface area contributed by atoms with Gasteiger partial charge in [-0.15, -0.1) is 11.3 Å². The minimum absolute atomic E-state index is 0.160. The molecular weight excluding hydrogens is 240 g/mol. The van der Waals surface area contributed by atoms with Crippen LogP contribution in [0.4, 0.5) is 0 Å². The zero-order valence-electron chi connectivity index (χ0n) is 9.38. The topological polar surface area (TPSA) is 62.6 Å². The summed E-state index contributed by atoms with van der Waals surface area (Å²) in [6.45, 7) is 1.19. The highest BCUT2D eigenvalue weighted by Crippen LogP contribution is 2.27. The standard InChI is InChI=1S/C11H12N2O3S/c1-15-9-2-5-17-10(9)11(14)13-3-4-16-7-8(13)6-12/h2,5,8H,3-4,7H2,1H3/t8-/m1/s1. The minimum atomic E-state index is -0.511. The third-order valence-electron chi connectivity index (χ3n) is 2.58. The maximum Gasteiger partial charge on any atom is 0.268 e. The van der Waals surface area contributed by atoms with Gasteiger partial charge in [0.15, 0.2) is 0 Å². The number of ether oxygens (including phenoxy) is 2. The maximum atomic E-state index is 12.3. The minimum Gasteiger partial charge on any atom is -0.495 e. The lowest BCUT2D eigenvalue weighted by molar-refractivity contribution is 0.0134. The molecule has 1 aromatic rings. The number of methoxy groups -OCH3 is 1. The first-order valence-electron chi connectivity index (χ1n) is 5.17. The maximum absolute atomic E-state index is 12.3. The molecule has 2 rings (SSSR count). The zero-order valence-corrected chi connectivity index (χ0v) is 10.2. The number of nitrogens with zero attached hydrogens (tertiary/aromatic N) is 2. The molecule has 1 fully saturated rings. The summed E-state index contributed by atoms with van der Waals surface area (Å²) >= 11 is 1.32. The first-order chi connectivity index (χ1) is 8.27. The van der Waals surface area contributed by atoms with Crippen LogP contribution in [0.25, 0.3) is 0 Å². The SMILES string of the molecule is COc1ccsc1C(=O)N1CCOC[C@H]1C#N. The Balaban J connectivity index is 2.22. The van der Waals surface area contributed by atoms with Gasteiger partial charge in [0.1, 0.15) is 16.7 Å². The highest BCUT2D eigenvalue weighted by atomic mass is 32.1. The van der Waals surface area contributed by atoms with E-state index in [-0.39, 0.29) is 12.5 Å². The molecule has 17 heavy (non-hydrogen) atoms. The lowest BCUT2D eigenvalue weighted by Crippen LogP contribution is -2.47. The highest BCUT2D eigenvalue weighted by molar-refractivity contribution is 7.12. The van der Waals surface area contributed by atoms with Gasteiger partial charge in [0, 0.05) is 6.54 Å². The Morgan fingerprint density at radius 1 is 1.76 bits per heavy atom. The largest absolute Gasteiger partial charge is 0.495 e. The summed E-state index contributed by atoms with van der Waals surface area (Å²) in [6.07, 6.45) is 0. The second kappa shape index (κ2) is 5.17. The number of rotatable bonds is 2. The van der Waals surface area contributed by atoms with E-state index in [2.05, 4.69) is 6.07 Å². The van der Waals surface area contributed by atoms with E-state index in [9.17, 15) is 4.79 Å². The van der Waals surface area contributed by atoms with Crippen LogP contribution in [0, 0.1) is 11.3 Å². The predicted octanol–water partition coefficient (Wildman–Crippen LogP) is 1.12. The second-order valence-electron chi connectivity index (χ2n) is 3.54. The zero-order chi connectivity index (χ0) is 12.3. The van der Waals surface area contributed by atoms with Gasteiger partial charge >= 0.3 is 0 Å². The lowest BCUT2D eigenvalue weighted by atomic mass is 10.2. The first-order valence-corrected chi connectivity index (χ1v) is 6.05. The van der Waals surface area contributed by atoms with Crippen LogP contribution >= 0.6 is 11.3 Å². The Labute approximate surface area is 103 Å². The molecule has 1 saturated heterocycles. The summed E-state index contributed by atoms with van der Waals surface area (Å²) in [5.41, 5.74) is 0. The fourth-order valence-electron chi connectivity index (χ4n) is 1.70. The van der Waals surface area contributed by atoms with E-state index in [4.69, 9.17) is 14.7 Å². The molecule has 0 spiro atoms. The molecule has 1 atom stereocenters. The Kier molecular flexibility index (Phi) is 3.61. The molecule has 1 aliphatic heterocycles. The molecule has 2 heterocycles. The van der Waals surface area contributed by atoms with Crippen LogP contribution in [-0.2, 0) is 4.74 Å². The third-order valence-corrected chi connectivity index (χ3v) is 3.47. The summed E-state index contributed by atoms with van der Waals surface area (Å²) < 4.78 is 10.3. The molecule has 0 bridgehead atoms. The quantitative estimate of drug-likeness (QED) is 0.791. The van der Waals surface area contributed by atoms with Crippen molar-refractivity contribution in [3.05, 3.63) is 16.3 Å². The van der Waals surface area contributed by atoms with Crippen molar-refractivity contribution in [3.8, 4) is 11.8 Å². The van der Waals surface area contributed by atoms with Crippen LogP contribution in [0.3, 0.4) is 0 Å². The third kappa shape index (κ3) is 2.25. The average Bonchev–Trinajstić information content (AvgIpc) is 2.86. The fraction of sp³-hybridized carbons (Fsp3) is 0.455. The van der Waals surface area contributed by atoms with Crippen LogP contribution in [0.1, 0.15) is 9.67 Å². The van der Waals surface area contributed by atoms with E-state index < -0.39 is 6.04 Å². The molecule has 0 unspecified atom stereocenters. The van der Waals surface area contributed by atoms with Gasteiger partial charge in [-0.25, -0.2) is 0 Å². The molecular formula is C11H12N2O3S. The van der Waals surface area contributed by atoms with E-state index in [1.807, 2.05) is 0 Å². The van der Waals surface area contributed by atoms with E-state index in [1.165, 1.54) is 23.3 Å². The number of nitriles is 1. The van der Waals surface area contributed by atoms with Crippen molar-refractivity contribution in [1.82, 2.24) is 4.90 Å². The Bertz CT molecular complexity index is 452. The Morgan fingerprint density at radius 3 is 3.29 bits per heavy atom. The Morgan fingerprint density at radius 2 is 2.59 bits per heavy atom. The van der Waals surface area contributed by atoms with Crippen molar-refractivity contribution in [1.29, 1.82) is 5.26 Å². The molecule has 0 saturated carbocycles. The van der Waals surface area contributed by atoms with Gasteiger partial charge in [-0.2, -0.15) is 5.26 Å². The summed E-state index contributed by atoms with van der Waals surface area (Å²) in [4.78, 5) is 14.3. The van der Waals surface area contributed by atoms with E-state index in [0.717, 1.165) is 0 Å². The van der Waals surface area contributed by atoms with Crippen molar-refractivity contribution in [2.45, 2.75) is 6.04 Å². The number of thiophene rings is 1. The van der Waals surface area contributed by atoms with Crippen LogP contribution in [0.15, 0.2) is 11.4 Å². The molecule has 0 N–H and O–H groups in total. The molecule has 0 radical (unpaired) electrons. The van der Waals surface area contributed by atoms with Gasteiger partial charge in [-0.3, -0.25) is 4.79 Å². The van der Waals surface area contributed by atoms with Crippen LogP contribution in [0.5, 0.6) is 5.75 Å². The van der Waals surface area contributed by atoms with E-state index in [1.54, 1.807) is 11.4 Å². The molecule has 6 heteroatoms. The van der Waals surface area contributed by atoms with Gasteiger partial charge in [-0.05, 0) is 11.4 Å². The van der Waals surface area contributed by atoms with Gasteiger partial charge in [0.2, 0.25) is 0 Å². The molecule has 90 valence electrons.